The average molecular weight is 292 g/mol. The van der Waals surface area contributed by atoms with Crippen molar-refractivity contribution in [3.05, 3.63) is 35.9 Å². The SMILES string of the molecule is C[C@]1(c2ccccc2)CN(C(=O)[C@@H]2CSCN2)CCO1. The third-order valence-corrected chi connectivity index (χ3v) is 4.92. The molecule has 2 atom stereocenters. The van der Waals surface area contributed by atoms with Crippen LogP contribution in [0.3, 0.4) is 0 Å². The van der Waals surface area contributed by atoms with E-state index >= 15 is 0 Å². The van der Waals surface area contributed by atoms with Crippen LogP contribution in [0.25, 0.3) is 0 Å². The topological polar surface area (TPSA) is 41.6 Å². The lowest BCUT2D eigenvalue weighted by atomic mass is 9.93. The number of nitrogens with one attached hydrogen (secondary N) is 1. The van der Waals surface area contributed by atoms with Crippen LogP contribution in [0.4, 0.5) is 0 Å². The summed E-state index contributed by atoms with van der Waals surface area (Å²) in [5.41, 5.74) is 0.729. The van der Waals surface area contributed by atoms with E-state index in [-0.39, 0.29) is 11.9 Å². The Kier molecular flexibility index (Phi) is 4.01. The highest BCUT2D eigenvalue weighted by Gasteiger charge is 2.38. The Labute approximate surface area is 123 Å². The predicted molar refractivity (Wildman–Crippen MR) is 80.6 cm³/mol. The van der Waals surface area contributed by atoms with Gasteiger partial charge < -0.3 is 9.64 Å². The van der Waals surface area contributed by atoms with Gasteiger partial charge in [0.25, 0.3) is 0 Å². The van der Waals surface area contributed by atoms with Crippen LogP contribution in [-0.2, 0) is 15.1 Å². The van der Waals surface area contributed by atoms with E-state index in [2.05, 4.69) is 24.4 Å². The molecule has 0 radical (unpaired) electrons. The Morgan fingerprint density at radius 3 is 2.95 bits per heavy atom. The van der Waals surface area contributed by atoms with Crippen molar-refractivity contribution in [1.82, 2.24) is 10.2 Å². The van der Waals surface area contributed by atoms with Crippen LogP contribution in [0.15, 0.2) is 30.3 Å². The van der Waals surface area contributed by atoms with Gasteiger partial charge in [-0.1, -0.05) is 30.3 Å². The van der Waals surface area contributed by atoms with Gasteiger partial charge in [-0.15, -0.1) is 11.8 Å². The normalized spacial score (nSPS) is 30.4. The molecule has 4 nitrogen and oxygen atoms in total. The molecular weight excluding hydrogens is 272 g/mol. The predicted octanol–water partition coefficient (Wildman–Crippen LogP) is 1.42. The molecule has 5 heteroatoms. The number of carbonyl (C=O) groups excluding carboxylic acids is 1. The first-order chi connectivity index (χ1) is 9.69. The van der Waals surface area contributed by atoms with Gasteiger partial charge in [0.05, 0.1) is 19.2 Å². The molecule has 2 heterocycles. The van der Waals surface area contributed by atoms with Crippen molar-refractivity contribution in [1.29, 1.82) is 0 Å². The number of carbonyl (C=O) groups is 1. The summed E-state index contributed by atoms with van der Waals surface area (Å²) in [7, 11) is 0. The third kappa shape index (κ3) is 2.71. The van der Waals surface area contributed by atoms with Crippen molar-refractivity contribution in [3.8, 4) is 0 Å². The second kappa shape index (κ2) is 5.76. The molecule has 108 valence electrons. The number of benzene rings is 1. The first-order valence-electron chi connectivity index (χ1n) is 6.98. The van der Waals surface area contributed by atoms with Crippen molar-refractivity contribution in [2.75, 3.05) is 31.3 Å². The maximum absolute atomic E-state index is 12.5. The second-order valence-corrected chi connectivity index (χ2v) is 6.51. The quantitative estimate of drug-likeness (QED) is 0.895. The zero-order valence-corrected chi connectivity index (χ0v) is 12.5. The van der Waals surface area contributed by atoms with Gasteiger partial charge in [0, 0.05) is 18.2 Å². The van der Waals surface area contributed by atoms with Crippen molar-refractivity contribution in [3.63, 3.8) is 0 Å². The molecule has 1 N–H and O–H groups in total. The van der Waals surface area contributed by atoms with Gasteiger partial charge in [-0.3, -0.25) is 10.1 Å². The molecule has 1 amide bonds. The largest absolute Gasteiger partial charge is 0.367 e. The van der Waals surface area contributed by atoms with E-state index in [4.69, 9.17) is 4.74 Å². The summed E-state index contributed by atoms with van der Waals surface area (Å²) in [6.07, 6.45) is 0. The number of hydrogen-bond donors (Lipinski definition) is 1. The summed E-state index contributed by atoms with van der Waals surface area (Å²) < 4.78 is 5.98. The fourth-order valence-corrected chi connectivity index (χ4v) is 3.73. The van der Waals surface area contributed by atoms with E-state index < -0.39 is 5.60 Å². The highest BCUT2D eigenvalue weighted by atomic mass is 32.2. The Balaban J connectivity index is 1.74. The minimum Gasteiger partial charge on any atom is -0.367 e. The van der Waals surface area contributed by atoms with Gasteiger partial charge in [-0.05, 0) is 12.5 Å². The van der Waals surface area contributed by atoms with Gasteiger partial charge in [-0.2, -0.15) is 0 Å². The van der Waals surface area contributed by atoms with Gasteiger partial charge in [0.1, 0.15) is 5.60 Å². The minimum absolute atomic E-state index is 0.0295. The number of morpholine rings is 1. The number of nitrogens with zero attached hydrogens (tertiary/aromatic N) is 1. The molecule has 0 bridgehead atoms. The number of ether oxygens (including phenoxy) is 1. The molecule has 20 heavy (non-hydrogen) atoms. The summed E-state index contributed by atoms with van der Waals surface area (Å²) in [6, 6.07) is 10.1. The number of hydrogen-bond acceptors (Lipinski definition) is 4. The maximum atomic E-state index is 12.5. The molecule has 0 aromatic heterocycles. The molecular formula is C15H20N2O2S. The van der Waals surface area contributed by atoms with Crippen LogP contribution >= 0.6 is 11.8 Å². The summed E-state index contributed by atoms with van der Waals surface area (Å²) >= 11 is 1.78. The molecule has 0 saturated carbocycles. The fraction of sp³-hybridized carbons (Fsp3) is 0.533. The van der Waals surface area contributed by atoms with Crippen LogP contribution in [-0.4, -0.2) is 48.2 Å². The van der Waals surface area contributed by atoms with E-state index in [0.717, 1.165) is 17.2 Å². The van der Waals surface area contributed by atoms with Crippen LogP contribution < -0.4 is 5.32 Å². The average Bonchev–Trinajstić information content (AvgIpc) is 3.02. The molecule has 0 aliphatic carbocycles. The lowest BCUT2D eigenvalue weighted by Crippen LogP contribution is -2.54. The summed E-state index contributed by atoms with van der Waals surface area (Å²) in [6.45, 7) is 3.97. The van der Waals surface area contributed by atoms with E-state index in [1.807, 2.05) is 23.1 Å². The number of rotatable bonds is 2. The molecule has 2 aliphatic heterocycles. The van der Waals surface area contributed by atoms with Crippen molar-refractivity contribution >= 4 is 17.7 Å². The van der Waals surface area contributed by atoms with Crippen LogP contribution in [0.2, 0.25) is 0 Å². The van der Waals surface area contributed by atoms with Crippen molar-refractivity contribution < 1.29 is 9.53 Å². The van der Waals surface area contributed by atoms with Gasteiger partial charge in [0.15, 0.2) is 0 Å². The molecule has 2 aliphatic rings. The fourth-order valence-electron chi connectivity index (χ4n) is 2.80. The lowest BCUT2D eigenvalue weighted by Gasteiger charge is -2.41. The second-order valence-electron chi connectivity index (χ2n) is 5.48. The molecule has 1 aromatic carbocycles. The van der Waals surface area contributed by atoms with Gasteiger partial charge in [0.2, 0.25) is 5.91 Å². The monoisotopic (exact) mass is 292 g/mol. The Morgan fingerprint density at radius 1 is 1.45 bits per heavy atom. The zero-order chi connectivity index (χ0) is 14.0. The molecule has 0 unspecified atom stereocenters. The van der Waals surface area contributed by atoms with Gasteiger partial charge in [-0.25, -0.2) is 0 Å². The van der Waals surface area contributed by atoms with E-state index in [1.54, 1.807) is 11.8 Å². The number of thioether (sulfide) groups is 1. The summed E-state index contributed by atoms with van der Waals surface area (Å²) in [5, 5.41) is 3.25. The minimum atomic E-state index is -0.402. The highest BCUT2D eigenvalue weighted by Crippen LogP contribution is 2.29. The standard InChI is InChI=1S/C15H20N2O2S/c1-15(12-5-3-2-4-6-12)10-17(7-8-19-15)14(18)13-9-20-11-16-13/h2-6,13,16H,7-11H2,1H3/t13-,15+/m0/s1. The van der Waals surface area contributed by atoms with Crippen LogP contribution in [0.5, 0.6) is 0 Å². The first-order valence-corrected chi connectivity index (χ1v) is 8.14. The molecule has 1 aromatic rings. The maximum Gasteiger partial charge on any atom is 0.240 e. The zero-order valence-electron chi connectivity index (χ0n) is 11.7. The molecule has 2 fully saturated rings. The summed E-state index contributed by atoms with van der Waals surface area (Å²) in [5.74, 6) is 1.95. The van der Waals surface area contributed by atoms with Crippen molar-refractivity contribution in [2.24, 2.45) is 0 Å². The first kappa shape index (κ1) is 13.9. The lowest BCUT2D eigenvalue weighted by molar-refractivity contribution is -0.151. The van der Waals surface area contributed by atoms with E-state index in [9.17, 15) is 4.79 Å². The summed E-state index contributed by atoms with van der Waals surface area (Å²) in [4.78, 5) is 14.5. The Bertz CT molecular complexity index is 476. The molecule has 0 spiro atoms. The van der Waals surface area contributed by atoms with E-state index in [0.29, 0.717) is 19.7 Å². The van der Waals surface area contributed by atoms with Gasteiger partial charge >= 0.3 is 0 Å². The molecule has 3 rings (SSSR count). The highest BCUT2D eigenvalue weighted by molar-refractivity contribution is 7.99. The Hall–Kier alpha value is -1.04. The van der Waals surface area contributed by atoms with Crippen LogP contribution in [0, 0.1) is 0 Å². The van der Waals surface area contributed by atoms with Crippen LogP contribution in [0.1, 0.15) is 12.5 Å². The smallest absolute Gasteiger partial charge is 0.240 e. The van der Waals surface area contributed by atoms with E-state index in [1.165, 1.54) is 0 Å². The molecule has 2 saturated heterocycles. The van der Waals surface area contributed by atoms with Crippen molar-refractivity contribution in [2.45, 2.75) is 18.6 Å². The number of amides is 1. The third-order valence-electron chi connectivity index (χ3n) is 3.98. The Morgan fingerprint density at radius 2 is 2.25 bits per heavy atom.